The zero-order chi connectivity index (χ0) is 55.1. The van der Waals surface area contributed by atoms with Gasteiger partial charge in [-0.05, 0) is 153 Å². The van der Waals surface area contributed by atoms with Gasteiger partial charge in [0.15, 0.2) is 47.9 Å². The summed E-state index contributed by atoms with van der Waals surface area (Å²) in [5.41, 5.74) is 1.51. The molecule has 8 aliphatic carbocycles. The SMILES string of the molecule is CC(=O)N[C@H]1C[C@H]2[C@@H]3CC[C@H](C(=O)COC4O[C@H](C(=O)O)[C@@H](O)[C@H](O)[C@H]4O)[C@@]3(C)CC[C@@H]2[C@@]2(C)CCC(=O)C=C12.C[C@]12C=CC(=O)C=C1CCC1C2CC[C@@]2(C)C1CC[C@@H]2C(=O)COC1O[C@H](C(=O)O)[C@@H](O)[C@H](O)[C@H]1O. The highest BCUT2D eigenvalue weighted by Crippen LogP contribution is 2.68. The van der Waals surface area contributed by atoms with Crippen LogP contribution in [0.4, 0.5) is 0 Å². The minimum Gasteiger partial charge on any atom is -0.479 e. The predicted octanol–water partition coefficient (Wildman–Crippen LogP) is 2.12. The number of fused-ring (bicyclic) bond motifs is 10. The number of carboxylic acid groups (broad SMARTS) is 2. The van der Waals surface area contributed by atoms with Crippen LogP contribution in [0.25, 0.3) is 0 Å². The fourth-order valence-electron chi connectivity index (χ4n) is 17.2. The average Bonchev–Trinajstić information content (AvgIpc) is 4.05. The molecule has 0 aromatic rings. The first-order valence-corrected chi connectivity index (χ1v) is 27.3. The van der Waals surface area contributed by atoms with E-state index in [0.717, 1.165) is 76.2 Å². The number of aliphatic hydroxyl groups excluding tert-OH is 6. The first kappa shape index (κ1) is 56.6. The Morgan fingerprint density at radius 3 is 1.64 bits per heavy atom. The van der Waals surface area contributed by atoms with Crippen LogP contribution in [0.5, 0.6) is 0 Å². The number of rotatable bonds is 11. The van der Waals surface area contributed by atoms with Crippen molar-refractivity contribution in [3.63, 3.8) is 0 Å². The van der Waals surface area contributed by atoms with Crippen LogP contribution in [0.3, 0.4) is 0 Å². The maximum Gasteiger partial charge on any atom is 0.335 e. The summed E-state index contributed by atoms with van der Waals surface area (Å²) >= 11 is 0. The lowest BCUT2D eigenvalue weighted by Crippen LogP contribution is -2.60. The second kappa shape index (κ2) is 21.2. The monoisotopic (exact) mass is 1070 g/mol. The van der Waals surface area contributed by atoms with Crippen LogP contribution in [0.2, 0.25) is 0 Å². The lowest BCUT2D eigenvalue weighted by Gasteiger charge is -2.59. The van der Waals surface area contributed by atoms with Gasteiger partial charge in [-0.25, -0.2) is 9.59 Å². The van der Waals surface area contributed by atoms with Gasteiger partial charge >= 0.3 is 11.9 Å². The molecule has 2 aliphatic heterocycles. The molecule has 2 saturated heterocycles. The topological polar surface area (TPSA) is 330 Å². The summed E-state index contributed by atoms with van der Waals surface area (Å²) in [6, 6.07) is -0.206. The molecule has 8 fully saturated rings. The third-order valence-electron chi connectivity index (χ3n) is 21.1. The molecule has 0 aromatic carbocycles. The van der Waals surface area contributed by atoms with Crippen LogP contribution in [-0.2, 0) is 52.5 Å². The number of nitrogens with one attached hydrogen (secondary N) is 1. The largest absolute Gasteiger partial charge is 0.479 e. The van der Waals surface area contributed by atoms with Crippen molar-refractivity contribution in [1.29, 1.82) is 0 Å². The zero-order valence-electron chi connectivity index (χ0n) is 44.0. The van der Waals surface area contributed by atoms with Crippen molar-refractivity contribution < 1.29 is 93.4 Å². The molecule has 0 aromatic heterocycles. The number of carbonyl (C=O) groups is 7. The second-order valence-corrected chi connectivity index (χ2v) is 24.8. The number of carboxylic acids is 2. The molecule has 23 atom stereocenters. The highest BCUT2D eigenvalue weighted by molar-refractivity contribution is 6.01. The number of allylic oxidation sites excluding steroid dienone is 4. The number of Topliss-reactive ketones (excluding diaryl/α,β-unsaturated/α-hetero) is 2. The second-order valence-electron chi connectivity index (χ2n) is 24.8. The van der Waals surface area contributed by atoms with Crippen molar-refractivity contribution in [2.24, 2.45) is 69.0 Å². The van der Waals surface area contributed by atoms with Gasteiger partial charge < -0.3 is 65.1 Å². The number of aliphatic carboxylic acids is 2. The van der Waals surface area contributed by atoms with E-state index in [1.165, 1.54) is 12.5 Å². The summed E-state index contributed by atoms with van der Waals surface area (Å²) in [7, 11) is 0. The molecule has 76 heavy (non-hydrogen) atoms. The van der Waals surface area contributed by atoms with Gasteiger partial charge in [0.2, 0.25) is 5.91 Å². The molecule has 6 saturated carbocycles. The summed E-state index contributed by atoms with van der Waals surface area (Å²) in [5.74, 6) is -1.59. The Balaban J connectivity index is 0.000000187. The van der Waals surface area contributed by atoms with E-state index in [-0.39, 0.29) is 87.0 Å². The van der Waals surface area contributed by atoms with Crippen molar-refractivity contribution in [3.05, 3.63) is 35.5 Å². The Kier molecular flexibility index (Phi) is 15.8. The number of hydrogen-bond acceptors (Lipinski definition) is 17. The quantitative estimate of drug-likeness (QED) is 0.143. The number of hydrogen-bond donors (Lipinski definition) is 9. The van der Waals surface area contributed by atoms with E-state index < -0.39 is 80.0 Å². The number of ether oxygens (including phenoxy) is 4. The maximum atomic E-state index is 13.5. The van der Waals surface area contributed by atoms with Crippen LogP contribution < -0.4 is 5.32 Å². The van der Waals surface area contributed by atoms with Gasteiger partial charge in [0.05, 0.1) is 6.04 Å². The Labute approximate surface area is 441 Å². The fourth-order valence-corrected chi connectivity index (χ4v) is 17.2. The van der Waals surface area contributed by atoms with E-state index in [0.29, 0.717) is 36.5 Å². The lowest BCUT2D eigenvalue weighted by molar-refractivity contribution is -0.292. The van der Waals surface area contributed by atoms with Crippen LogP contribution >= 0.6 is 0 Å². The molecular weight excluding hydrogens is 991 g/mol. The molecule has 10 rings (SSSR count). The minimum atomic E-state index is -1.83. The van der Waals surface area contributed by atoms with Crippen molar-refractivity contribution >= 4 is 41.0 Å². The maximum absolute atomic E-state index is 13.5. The summed E-state index contributed by atoms with van der Waals surface area (Å²) in [4.78, 5) is 86.0. The van der Waals surface area contributed by atoms with E-state index in [9.17, 15) is 74.4 Å². The predicted molar refractivity (Wildman–Crippen MR) is 264 cm³/mol. The molecule has 10 aliphatic rings. The van der Waals surface area contributed by atoms with Crippen molar-refractivity contribution in [1.82, 2.24) is 5.32 Å². The van der Waals surface area contributed by atoms with Crippen molar-refractivity contribution in [2.75, 3.05) is 13.2 Å². The third-order valence-corrected chi connectivity index (χ3v) is 21.1. The summed E-state index contributed by atoms with van der Waals surface area (Å²) in [6.07, 6.45) is 0.886. The molecule has 0 spiro atoms. The summed E-state index contributed by atoms with van der Waals surface area (Å²) in [5, 5.41) is 81.8. The van der Waals surface area contributed by atoms with Gasteiger partial charge in [-0.15, -0.1) is 0 Å². The molecule has 420 valence electrons. The summed E-state index contributed by atoms with van der Waals surface area (Å²) < 4.78 is 21.3. The van der Waals surface area contributed by atoms with E-state index in [4.69, 9.17) is 18.9 Å². The van der Waals surface area contributed by atoms with E-state index in [1.54, 1.807) is 12.2 Å². The van der Waals surface area contributed by atoms with E-state index in [1.807, 2.05) is 6.08 Å². The van der Waals surface area contributed by atoms with E-state index in [2.05, 4.69) is 39.1 Å². The zero-order valence-corrected chi connectivity index (χ0v) is 44.0. The van der Waals surface area contributed by atoms with Crippen molar-refractivity contribution in [3.8, 4) is 0 Å². The Hall–Kier alpha value is -4.09. The first-order chi connectivity index (χ1) is 35.7. The molecule has 9 N–H and O–H groups in total. The van der Waals surface area contributed by atoms with Gasteiger partial charge in [0, 0.05) is 30.6 Å². The number of aliphatic hydroxyl groups is 6. The van der Waals surface area contributed by atoms with E-state index >= 15 is 0 Å². The highest BCUT2D eigenvalue weighted by Gasteiger charge is 2.63. The molecule has 0 bridgehead atoms. The molecule has 1 amide bonds. The molecule has 2 heterocycles. The molecular formula is C56H77NO19. The molecule has 5 unspecified atom stereocenters. The Bertz CT molecular complexity index is 2440. The number of ketones is 4. The van der Waals surface area contributed by atoms with Crippen LogP contribution in [-0.4, -0.2) is 162 Å². The molecule has 20 heteroatoms. The van der Waals surface area contributed by atoms with Crippen LogP contribution in [0.15, 0.2) is 35.5 Å². The minimum absolute atomic E-state index is 0.0665. The average molecular weight is 1070 g/mol. The Morgan fingerprint density at radius 2 is 1.13 bits per heavy atom. The van der Waals surface area contributed by atoms with Gasteiger partial charge in [-0.2, -0.15) is 0 Å². The molecule has 0 radical (unpaired) electrons. The van der Waals surface area contributed by atoms with Crippen LogP contribution in [0, 0.1) is 69.0 Å². The standard InChI is InChI=1S/C29H41NO10.C27H36O9/c1-13(31)30-20-11-15-16-4-5-18(21(33)12-39-27-24(36)22(34)23(35)25(40-27)26(37)38)28(16,2)9-7-17(15)29(3)8-6-14(32)10-19(20)29;1-26-9-7-14(28)11-13(26)3-4-15-16-5-6-18(27(16,2)10-8-17(15)26)19(29)12-35-25-22(32)20(30)21(31)23(36-25)24(33)34/h10,15-18,20,22-25,27,34-36H,4-9,11-12H2,1-3H3,(H,30,31)(H,37,38);7,9,11,15-18,20-23,25,30-32H,3-6,8,10,12H2,1-2H3,(H,33,34)/t15-,16-,17-,18+,20-,22-,23-,24+,25-,27?,28-,29+;15?,16?,17?,18-,20+,21+,22-,23+,25?,26+,27+/m01/s1. The van der Waals surface area contributed by atoms with Gasteiger partial charge in [-0.3, -0.25) is 24.0 Å². The van der Waals surface area contributed by atoms with Gasteiger partial charge in [0.25, 0.3) is 0 Å². The normalized spacial score (nSPS) is 47.2. The van der Waals surface area contributed by atoms with Gasteiger partial charge in [0.1, 0.15) is 49.8 Å². The van der Waals surface area contributed by atoms with Crippen LogP contribution in [0.1, 0.15) is 118 Å². The first-order valence-electron chi connectivity index (χ1n) is 27.3. The van der Waals surface area contributed by atoms with Crippen molar-refractivity contribution in [2.45, 2.75) is 186 Å². The number of carbonyl (C=O) groups excluding carboxylic acids is 5. The summed E-state index contributed by atoms with van der Waals surface area (Å²) in [6.45, 7) is 9.54. The number of amides is 1. The fraction of sp³-hybridized carbons (Fsp3) is 0.768. The Morgan fingerprint density at radius 1 is 0.618 bits per heavy atom. The smallest absolute Gasteiger partial charge is 0.335 e. The molecule has 20 nitrogen and oxygen atoms in total. The van der Waals surface area contributed by atoms with Gasteiger partial charge in [-0.1, -0.05) is 39.3 Å². The lowest BCUT2D eigenvalue weighted by atomic mass is 9.46. The third kappa shape index (κ3) is 9.71. The highest BCUT2D eigenvalue weighted by atomic mass is 16.7.